The Bertz CT molecular complexity index is 749. The quantitative estimate of drug-likeness (QED) is 0.358. The zero-order chi connectivity index (χ0) is 17.4. The summed E-state index contributed by atoms with van der Waals surface area (Å²) in [5.41, 5.74) is -0.248. The second-order valence-electron chi connectivity index (χ2n) is 5.25. The summed E-state index contributed by atoms with van der Waals surface area (Å²) in [5, 5.41) is 39.5. The van der Waals surface area contributed by atoms with Crippen molar-refractivity contribution in [1.82, 2.24) is 0 Å². The summed E-state index contributed by atoms with van der Waals surface area (Å²) in [7, 11) is -4.84. The molecule has 0 aliphatic heterocycles. The van der Waals surface area contributed by atoms with E-state index in [2.05, 4.69) is 0 Å². The van der Waals surface area contributed by atoms with Gasteiger partial charge in [0.1, 0.15) is 11.5 Å². The molecule has 8 heteroatoms. The molecule has 23 heavy (non-hydrogen) atoms. The highest BCUT2D eigenvalue weighted by Gasteiger charge is 2.41. The number of aromatic hydroxyl groups is 2. The predicted molar refractivity (Wildman–Crippen MR) is 82.4 cm³/mol. The van der Waals surface area contributed by atoms with Gasteiger partial charge in [0.2, 0.25) is 5.79 Å². The summed E-state index contributed by atoms with van der Waals surface area (Å²) in [4.78, 5) is 18.8. The average molecular weight is 340 g/mol. The fourth-order valence-electron chi connectivity index (χ4n) is 2.36. The predicted octanol–water partition coefficient (Wildman–Crippen LogP) is 0.842. The molecule has 2 aromatic rings. The molecular weight excluding hydrogens is 323 g/mol. The molecule has 0 aliphatic rings. The molecule has 0 radical (unpaired) electrons. The number of rotatable bonds is 4. The van der Waals surface area contributed by atoms with E-state index in [9.17, 15) is 34.8 Å². The van der Waals surface area contributed by atoms with Crippen molar-refractivity contribution in [3.05, 3.63) is 53.6 Å². The van der Waals surface area contributed by atoms with Gasteiger partial charge in [0, 0.05) is 5.92 Å². The number of hydrogen-bond acceptors (Lipinski definition) is 5. The first-order valence-corrected chi connectivity index (χ1v) is 8.28. The highest BCUT2D eigenvalue weighted by atomic mass is 31.2. The normalized spacial score (nSPS) is 13.8. The van der Waals surface area contributed by atoms with Crippen LogP contribution in [0.3, 0.4) is 0 Å². The fourth-order valence-corrected chi connectivity index (χ4v) is 3.21. The van der Waals surface area contributed by atoms with E-state index >= 15 is 0 Å². The van der Waals surface area contributed by atoms with E-state index in [1.165, 1.54) is 37.3 Å². The standard InChI is InChI=1S/C15H17O7P/c1-9(10-5-7-11(16)8-6-10)15(18,19)14-12(17)3-2-4-13(14)23(20,21)22/h2-9,16-19H,1H3,(H2,20,21,22). The van der Waals surface area contributed by atoms with Crippen molar-refractivity contribution >= 4 is 12.9 Å². The summed E-state index contributed by atoms with van der Waals surface area (Å²) < 4.78 is 11.6. The van der Waals surface area contributed by atoms with Gasteiger partial charge in [-0.25, -0.2) is 0 Å². The van der Waals surface area contributed by atoms with Gasteiger partial charge >= 0.3 is 7.60 Å². The van der Waals surface area contributed by atoms with Gasteiger partial charge in [0.05, 0.1) is 10.9 Å². The molecule has 1 unspecified atom stereocenters. The van der Waals surface area contributed by atoms with Crippen LogP contribution in [-0.2, 0) is 10.4 Å². The molecule has 0 aromatic heterocycles. The van der Waals surface area contributed by atoms with Crippen LogP contribution in [0.2, 0.25) is 0 Å². The smallest absolute Gasteiger partial charge is 0.356 e. The molecule has 2 aromatic carbocycles. The van der Waals surface area contributed by atoms with Crippen LogP contribution in [0.25, 0.3) is 0 Å². The molecule has 2 rings (SSSR count). The van der Waals surface area contributed by atoms with Gasteiger partial charge in [-0.1, -0.05) is 25.1 Å². The molecule has 0 heterocycles. The van der Waals surface area contributed by atoms with Gasteiger partial charge in [0.15, 0.2) is 0 Å². The molecule has 1 atom stereocenters. The Labute approximate surface area is 132 Å². The first-order chi connectivity index (χ1) is 10.5. The number of aliphatic hydroxyl groups is 2. The van der Waals surface area contributed by atoms with Gasteiger partial charge in [-0.15, -0.1) is 0 Å². The molecule has 6 N–H and O–H groups in total. The lowest BCUT2D eigenvalue weighted by Gasteiger charge is -2.31. The van der Waals surface area contributed by atoms with Crippen LogP contribution in [0.5, 0.6) is 11.5 Å². The van der Waals surface area contributed by atoms with Crippen LogP contribution in [0, 0.1) is 0 Å². The first kappa shape index (κ1) is 17.5. The summed E-state index contributed by atoms with van der Waals surface area (Å²) >= 11 is 0. The maximum Gasteiger partial charge on any atom is 0.356 e. The molecule has 0 spiro atoms. The number of hydrogen-bond donors (Lipinski definition) is 6. The molecular formula is C15H17O7P. The summed E-state index contributed by atoms with van der Waals surface area (Å²) in [6.07, 6.45) is 0. The zero-order valence-electron chi connectivity index (χ0n) is 12.2. The first-order valence-electron chi connectivity index (χ1n) is 6.67. The third-order valence-electron chi connectivity index (χ3n) is 3.70. The van der Waals surface area contributed by atoms with Crippen molar-refractivity contribution in [3.8, 4) is 11.5 Å². The van der Waals surface area contributed by atoms with Crippen molar-refractivity contribution < 1.29 is 34.8 Å². The maximum atomic E-state index is 11.6. The van der Waals surface area contributed by atoms with Gasteiger partial charge in [-0.3, -0.25) is 4.57 Å². The van der Waals surface area contributed by atoms with Crippen molar-refractivity contribution in [2.24, 2.45) is 0 Å². The molecule has 0 amide bonds. The number of benzene rings is 2. The minimum Gasteiger partial charge on any atom is -0.508 e. The van der Waals surface area contributed by atoms with Crippen LogP contribution in [0.4, 0.5) is 0 Å². The van der Waals surface area contributed by atoms with E-state index in [1.807, 2.05) is 0 Å². The molecule has 7 nitrogen and oxygen atoms in total. The monoisotopic (exact) mass is 340 g/mol. The lowest BCUT2D eigenvalue weighted by atomic mass is 9.87. The molecule has 0 fully saturated rings. The van der Waals surface area contributed by atoms with Crippen LogP contribution in [-0.4, -0.2) is 30.2 Å². The van der Waals surface area contributed by atoms with Crippen LogP contribution >= 0.6 is 7.60 Å². The minimum atomic E-state index is -4.84. The number of phenolic OH excluding ortho intramolecular Hbond substituents is 2. The Kier molecular flexibility index (Phi) is 4.52. The summed E-state index contributed by atoms with van der Waals surface area (Å²) in [6, 6.07) is 8.92. The van der Waals surface area contributed by atoms with Crippen LogP contribution in [0.15, 0.2) is 42.5 Å². The van der Waals surface area contributed by atoms with Crippen molar-refractivity contribution in [1.29, 1.82) is 0 Å². The average Bonchev–Trinajstić information content (AvgIpc) is 2.46. The van der Waals surface area contributed by atoms with Crippen LogP contribution < -0.4 is 5.30 Å². The minimum absolute atomic E-state index is 0.0131. The van der Waals surface area contributed by atoms with E-state index in [1.54, 1.807) is 0 Å². The van der Waals surface area contributed by atoms with Gasteiger partial charge < -0.3 is 30.2 Å². The van der Waals surface area contributed by atoms with Gasteiger partial charge in [-0.2, -0.15) is 0 Å². The topological polar surface area (TPSA) is 138 Å². The van der Waals surface area contributed by atoms with Crippen LogP contribution in [0.1, 0.15) is 24.0 Å². The molecule has 0 saturated carbocycles. The van der Waals surface area contributed by atoms with E-state index in [0.717, 1.165) is 12.1 Å². The molecule has 0 saturated heterocycles. The Hall–Kier alpha value is -1.89. The van der Waals surface area contributed by atoms with E-state index in [4.69, 9.17) is 0 Å². The highest BCUT2D eigenvalue weighted by molar-refractivity contribution is 7.60. The number of phenols is 2. The van der Waals surface area contributed by atoms with Gasteiger partial charge in [0.25, 0.3) is 0 Å². The zero-order valence-corrected chi connectivity index (χ0v) is 13.1. The maximum absolute atomic E-state index is 11.6. The third-order valence-corrected chi connectivity index (χ3v) is 4.70. The largest absolute Gasteiger partial charge is 0.508 e. The van der Waals surface area contributed by atoms with Crippen molar-refractivity contribution in [3.63, 3.8) is 0 Å². The van der Waals surface area contributed by atoms with E-state index in [-0.39, 0.29) is 5.75 Å². The Morgan fingerprint density at radius 3 is 2.09 bits per heavy atom. The second kappa shape index (κ2) is 5.96. The molecule has 0 aliphatic carbocycles. The van der Waals surface area contributed by atoms with E-state index in [0.29, 0.717) is 5.56 Å². The Balaban J connectivity index is 2.59. The van der Waals surface area contributed by atoms with Crippen molar-refractivity contribution in [2.75, 3.05) is 0 Å². The SMILES string of the molecule is CC(c1ccc(O)cc1)C(O)(O)c1c(O)cccc1P(=O)(O)O. The summed E-state index contributed by atoms with van der Waals surface area (Å²) in [5.74, 6) is -4.43. The van der Waals surface area contributed by atoms with Crippen molar-refractivity contribution in [2.45, 2.75) is 18.6 Å². The second-order valence-corrected chi connectivity index (χ2v) is 6.82. The lowest BCUT2D eigenvalue weighted by molar-refractivity contribution is -0.185. The lowest BCUT2D eigenvalue weighted by Crippen LogP contribution is -2.36. The third kappa shape index (κ3) is 3.39. The van der Waals surface area contributed by atoms with E-state index < -0.39 is 35.9 Å². The summed E-state index contributed by atoms with van der Waals surface area (Å²) in [6.45, 7) is 1.42. The Morgan fingerprint density at radius 2 is 1.57 bits per heavy atom. The fraction of sp³-hybridized carbons (Fsp3) is 0.200. The highest BCUT2D eigenvalue weighted by Crippen LogP contribution is 2.44. The molecule has 124 valence electrons. The Morgan fingerprint density at radius 1 is 1.00 bits per heavy atom. The molecule has 0 bridgehead atoms. The van der Waals surface area contributed by atoms with Gasteiger partial charge in [-0.05, 0) is 29.8 Å².